The highest BCUT2D eigenvalue weighted by molar-refractivity contribution is 4.86. The van der Waals surface area contributed by atoms with E-state index in [1.807, 2.05) is 15.6 Å². The maximum atomic E-state index is 11.4. The predicted molar refractivity (Wildman–Crippen MR) is 55.4 cm³/mol. The Labute approximate surface area is 83.7 Å². The molecule has 2 heterocycles. The lowest BCUT2D eigenvalue weighted by Crippen LogP contribution is -2.34. The minimum Gasteiger partial charge on any atom is -0.297 e. The van der Waals surface area contributed by atoms with Crippen molar-refractivity contribution < 1.29 is 0 Å². The first-order valence-electron chi connectivity index (χ1n) is 5.19. The van der Waals surface area contributed by atoms with E-state index < -0.39 is 0 Å². The summed E-state index contributed by atoms with van der Waals surface area (Å²) in [6.45, 7) is 8.13. The predicted octanol–water partition coefficient (Wildman–Crippen LogP) is 0.374. The molecule has 2 rings (SSSR count). The average Bonchev–Trinajstić information content (AvgIpc) is 2.38. The fourth-order valence-corrected chi connectivity index (χ4v) is 1.96. The Hall–Kier alpha value is -1.03. The van der Waals surface area contributed by atoms with Crippen molar-refractivity contribution in [3.63, 3.8) is 0 Å². The summed E-state index contributed by atoms with van der Waals surface area (Å²) in [5.41, 5.74) is 0.121. The first kappa shape index (κ1) is 9.52. The second-order valence-electron chi connectivity index (χ2n) is 4.07. The monoisotopic (exact) mass is 195 g/mol. The van der Waals surface area contributed by atoms with Crippen molar-refractivity contribution in [2.75, 3.05) is 13.1 Å². The molecular formula is C10H17N3O. The van der Waals surface area contributed by atoms with Gasteiger partial charge in [0.15, 0.2) is 0 Å². The number of hydrogen-bond acceptors (Lipinski definition) is 2. The first-order valence-corrected chi connectivity index (χ1v) is 5.19. The number of aromatic nitrogens is 2. The second kappa shape index (κ2) is 3.61. The molecule has 1 aromatic heterocycles. The highest BCUT2D eigenvalue weighted by atomic mass is 16.1. The van der Waals surface area contributed by atoms with Crippen molar-refractivity contribution >= 4 is 0 Å². The average molecular weight is 195 g/mol. The second-order valence-corrected chi connectivity index (χ2v) is 4.07. The molecule has 0 fully saturated rings. The molecule has 0 aromatic carbocycles. The molecular weight excluding hydrogens is 178 g/mol. The lowest BCUT2D eigenvalue weighted by atomic mass is 10.3. The van der Waals surface area contributed by atoms with E-state index in [4.69, 9.17) is 0 Å². The van der Waals surface area contributed by atoms with Gasteiger partial charge in [0.05, 0.1) is 13.1 Å². The van der Waals surface area contributed by atoms with E-state index in [0.717, 1.165) is 26.2 Å². The van der Waals surface area contributed by atoms with E-state index in [2.05, 4.69) is 18.7 Å². The Bertz CT molecular complexity index is 364. The van der Waals surface area contributed by atoms with Crippen LogP contribution >= 0.6 is 0 Å². The van der Waals surface area contributed by atoms with Crippen LogP contribution in [0.1, 0.15) is 13.8 Å². The standard InChI is InChI=1S/C10H17N3O/c1-9(2)11-5-7-12-4-3-10(14)13(12)8-6-11/h3-4,9H,5-8H2,1-2H3. The van der Waals surface area contributed by atoms with Gasteiger partial charge in [-0.25, -0.2) is 4.68 Å². The zero-order valence-corrected chi connectivity index (χ0v) is 8.81. The number of rotatable bonds is 1. The molecule has 0 atom stereocenters. The summed E-state index contributed by atoms with van der Waals surface area (Å²) in [7, 11) is 0. The first-order chi connectivity index (χ1) is 6.68. The van der Waals surface area contributed by atoms with E-state index >= 15 is 0 Å². The molecule has 0 amide bonds. The van der Waals surface area contributed by atoms with Crippen LogP contribution in [0.25, 0.3) is 0 Å². The van der Waals surface area contributed by atoms with Crippen molar-refractivity contribution in [3.8, 4) is 0 Å². The molecule has 0 aliphatic carbocycles. The topological polar surface area (TPSA) is 30.2 Å². The molecule has 0 spiro atoms. The minimum absolute atomic E-state index is 0.121. The van der Waals surface area contributed by atoms with Gasteiger partial charge in [0.1, 0.15) is 0 Å². The van der Waals surface area contributed by atoms with Crippen LogP contribution in [-0.4, -0.2) is 33.4 Å². The van der Waals surface area contributed by atoms with Crippen molar-refractivity contribution in [3.05, 3.63) is 22.6 Å². The van der Waals surface area contributed by atoms with Gasteiger partial charge in [0.25, 0.3) is 5.56 Å². The van der Waals surface area contributed by atoms with Gasteiger partial charge in [-0.15, -0.1) is 0 Å². The Morgan fingerprint density at radius 1 is 1.21 bits per heavy atom. The van der Waals surface area contributed by atoms with Gasteiger partial charge in [0, 0.05) is 31.4 Å². The van der Waals surface area contributed by atoms with Gasteiger partial charge in [-0.05, 0) is 13.8 Å². The number of fused-ring (bicyclic) bond motifs is 1. The van der Waals surface area contributed by atoms with Gasteiger partial charge in [-0.1, -0.05) is 0 Å². The Kier molecular flexibility index (Phi) is 2.46. The largest absolute Gasteiger partial charge is 0.297 e. The van der Waals surface area contributed by atoms with Gasteiger partial charge < -0.3 is 0 Å². The van der Waals surface area contributed by atoms with Crippen molar-refractivity contribution in [2.45, 2.75) is 33.0 Å². The van der Waals surface area contributed by atoms with E-state index in [-0.39, 0.29) is 5.56 Å². The molecule has 4 heteroatoms. The molecule has 14 heavy (non-hydrogen) atoms. The summed E-state index contributed by atoms with van der Waals surface area (Å²) in [6, 6.07) is 2.21. The van der Waals surface area contributed by atoms with E-state index in [1.54, 1.807) is 6.07 Å². The highest BCUT2D eigenvalue weighted by Crippen LogP contribution is 2.03. The van der Waals surface area contributed by atoms with Gasteiger partial charge in [0.2, 0.25) is 0 Å². The maximum absolute atomic E-state index is 11.4. The summed E-state index contributed by atoms with van der Waals surface area (Å²) < 4.78 is 3.84. The van der Waals surface area contributed by atoms with Crippen LogP contribution in [0.15, 0.2) is 17.1 Å². The summed E-state index contributed by atoms with van der Waals surface area (Å²) in [5.74, 6) is 0. The highest BCUT2D eigenvalue weighted by Gasteiger charge is 2.15. The third-order valence-corrected chi connectivity index (χ3v) is 2.90. The lowest BCUT2D eigenvalue weighted by Gasteiger charge is -2.23. The normalized spacial score (nSPS) is 18.2. The van der Waals surface area contributed by atoms with E-state index in [9.17, 15) is 4.79 Å². The zero-order chi connectivity index (χ0) is 10.1. The molecule has 1 aliphatic heterocycles. The van der Waals surface area contributed by atoms with Crippen LogP contribution in [-0.2, 0) is 13.1 Å². The molecule has 0 unspecified atom stereocenters. The van der Waals surface area contributed by atoms with E-state index in [0.29, 0.717) is 6.04 Å². The fraction of sp³-hybridized carbons (Fsp3) is 0.700. The molecule has 0 saturated heterocycles. The van der Waals surface area contributed by atoms with Crippen molar-refractivity contribution in [2.24, 2.45) is 0 Å². The number of hydrogen-bond donors (Lipinski definition) is 0. The van der Waals surface area contributed by atoms with Gasteiger partial charge >= 0.3 is 0 Å². The van der Waals surface area contributed by atoms with E-state index in [1.165, 1.54) is 0 Å². The molecule has 0 saturated carbocycles. The summed E-state index contributed by atoms with van der Waals surface area (Å²) >= 11 is 0. The summed E-state index contributed by atoms with van der Waals surface area (Å²) in [6.07, 6.45) is 1.88. The fourth-order valence-electron chi connectivity index (χ4n) is 1.96. The molecule has 4 nitrogen and oxygen atoms in total. The molecule has 78 valence electrons. The Balaban J connectivity index is 2.19. The number of nitrogens with zero attached hydrogens (tertiary/aromatic N) is 3. The molecule has 0 radical (unpaired) electrons. The maximum Gasteiger partial charge on any atom is 0.266 e. The van der Waals surface area contributed by atoms with Crippen LogP contribution in [0.3, 0.4) is 0 Å². The lowest BCUT2D eigenvalue weighted by molar-refractivity contribution is 0.224. The molecule has 1 aromatic rings. The SMILES string of the molecule is CC(C)N1CCn2ccc(=O)n2CC1. The van der Waals surface area contributed by atoms with Crippen LogP contribution in [0.4, 0.5) is 0 Å². The van der Waals surface area contributed by atoms with Crippen molar-refractivity contribution in [1.29, 1.82) is 0 Å². The third kappa shape index (κ3) is 1.62. The smallest absolute Gasteiger partial charge is 0.266 e. The van der Waals surface area contributed by atoms with Crippen molar-refractivity contribution in [1.82, 2.24) is 14.3 Å². The molecule has 1 aliphatic rings. The zero-order valence-electron chi connectivity index (χ0n) is 8.81. The van der Waals surface area contributed by atoms with Gasteiger partial charge in [-0.3, -0.25) is 14.4 Å². The van der Waals surface area contributed by atoms with Gasteiger partial charge in [-0.2, -0.15) is 0 Å². The van der Waals surface area contributed by atoms with Crippen LogP contribution in [0.2, 0.25) is 0 Å². The quantitative estimate of drug-likeness (QED) is 0.648. The van der Waals surface area contributed by atoms with Crippen LogP contribution < -0.4 is 5.56 Å². The Morgan fingerprint density at radius 3 is 2.64 bits per heavy atom. The summed E-state index contributed by atoms with van der Waals surface area (Å²) in [4.78, 5) is 13.8. The molecule has 0 N–H and O–H groups in total. The van der Waals surface area contributed by atoms with Crippen LogP contribution in [0, 0.1) is 0 Å². The minimum atomic E-state index is 0.121. The third-order valence-electron chi connectivity index (χ3n) is 2.90. The summed E-state index contributed by atoms with van der Waals surface area (Å²) in [5, 5.41) is 0. The van der Waals surface area contributed by atoms with Crippen LogP contribution in [0.5, 0.6) is 0 Å². The Morgan fingerprint density at radius 2 is 1.93 bits per heavy atom. The molecule has 0 bridgehead atoms.